The fourth-order valence-corrected chi connectivity index (χ4v) is 1.93. The van der Waals surface area contributed by atoms with Crippen molar-refractivity contribution in [3.8, 4) is 5.75 Å². The van der Waals surface area contributed by atoms with Crippen LogP contribution in [0.4, 0.5) is 11.4 Å². The molecule has 0 bridgehead atoms. The summed E-state index contributed by atoms with van der Waals surface area (Å²) in [5.74, 6) is 0.753. The third-order valence-electron chi connectivity index (χ3n) is 2.67. The molecule has 0 aliphatic heterocycles. The van der Waals surface area contributed by atoms with Crippen LogP contribution in [-0.4, -0.2) is 17.1 Å². The summed E-state index contributed by atoms with van der Waals surface area (Å²) in [6.07, 6.45) is 1.66. The summed E-state index contributed by atoms with van der Waals surface area (Å²) in [5, 5.41) is 3.26. The van der Waals surface area contributed by atoms with Crippen LogP contribution in [0, 0.1) is 6.92 Å². The molecule has 0 unspecified atom stereocenters. The van der Waals surface area contributed by atoms with Crippen molar-refractivity contribution in [1.29, 1.82) is 0 Å². The Morgan fingerprint density at radius 3 is 2.79 bits per heavy atom. The van der Waals surface area contributed by atoms with E-state index >= 15 is 0 Å². The molecule has 0 saturated heterocycles. The molecule has 0 aliphatic rings. The minimum absolute atomic E-state index is 0.259. The molecule has 19 heavy (non-hydrogen) atoms. The molecule has 2 rings (SSSR count). The number of benzene rings is 1. The number of thiocarbonyl (C=S) groups is 1. The lowest BCUT2D eigenvalue weighted by molar-refractivity contribution is 0.416. The molecule has 98 valence electrons. The van der Waals surface area contributed by atoms with Crippen molar-refractivity contribution < 1.29 is 4.74 Å². The van der Waals surface area contributed by atoms with Gasteiger partial charge in [0.05, 0.1) is 18.5 Å². The summed E-state index contributed by atoms with van der Waals surface area (Å²) in [5.41, 5.74) is 8.98. The molecule has 5 heteroatoms. The van der Waals surface area contributed by atoms with E-state index in [-0.39, 0.29) is 4.99 Å². The van der Waals surface area contributed by atoms with Crippen molar-refractivity contribution in [3.63, 3.8) is 0 Å². The van der Waals surface area contributed by atoms with E-state index in [9.17, 15) is 0 Å². The van der Waals surface area contributed by atoms with Crippen LogP contribution in [0.2, 0.25) is 0 Å². The van der Waals surface area contributed by atoms with Crippen LogP contribution in [0.3, 0.4) is 0 Å². The summed E-state index contributed by atoms with van der Waals surface area (Å²) >= 11 is 5.00. The number of nitrogens with one attached hydrogen (secondary N) is 1. The lowest BCUT2D eigenvalue weighted by Crippen LogP contribution is -2.14. The van der Waals surface area contributed by atoms with Gasteiger partial charge < -0.3 is 15.8 Å². The maximum absolute atomic E-state index is 5.67. The van der Waals surface area contributed by atoms with E-state index < -0.39 is 0 Å². The van der Waals surface area contributed by atoms with Gasteiger partial charge in [-0.05, 0) is 36.8 Å². The van der Waals surface area contributed by atoms with Gasteiger partial charge >= 0.3 is 0 Å². The van der Waals surface area contributed by atoms with Crippen LogP contribution in [0.15, 0.2) is 36.5 Å². The third kappa shape index (κ3) is 3.00. The number of anilines is 2. The Morgan fingerprint density at radius 1 is 1.32 bits per heavy atom. The molecule has 0 atom stereocenters. The molecule has 1 aromatic carbocycles. The first-order valence-electron chi connectivity index (χ1n) is 5.78. The Balaban J connectivity index is 2.41. The number of nitrogens with two attached hydrogens (primary N) is 1. The highest BCUT2D eigenvalue weighted by atomic mass is 32.1. The van der Waals surface area contributed by atoms with Crippen LogP contribution in [0.25, 0.3) is 0 Å². The van der Waals surface area contributed by atoms with E-state index in [0.29, 0.717) is 5.69 Å². The average Bonchev–Trinajstić information content (AvgIpc) is 2.39. The molecule has 3 N–H and O–H groups in total. The Kier molecular flexibility index (Phi) is 3.97. The van der Waals surface area contributed by atoms with E-state index in [1.807, 2.05) is 37.3 Å². The summed E-state index contributed by atoms with van der Waals surface area (Å²) < 4.78 is 5.33. The normalized spacial score (nSPS) is 10.0. The minimum atomic E-state index is 0.259. The first-order chi connectivity index (χ1) is 9.11. The van der Waals surface area contributed by atoms with Gasteiger partial charge in [-0.2, -0.15) is 0 Å². The largest absolute Gasteiger partial charge is 0.495 e. The summed E-state index contributed by atoms with van der Waals surface area (Å²) in [6.45, 7) is 2.02. The number of nitrogens with zero attached hydrogens (tertiary/aromatic N) is 1. The number of aromatic nitrogens is 1. The maximum atomic E-state index is 5.67. The van der Waals surface area contributed by atoms with E-state index in [0.717, 1.165) is 22.7 Å². The highest BCUT2D eigenvalue weighted by Gasteiger charge is 2.09. The Labute approximate surface area is 117 Å². The van der Waals surface area contributed by atoms with Crippen molar-refractivity contribution in [1.82, 2.24) is 4.98 Å². The fraction of sp³-hybridized carbons (Fsp3) is 0.143. The van der Waals surface area contributed by atoms with E-state index in [1.54, 1.807) is 13.3 Å². The van der Waals surface area contributed by atoms with Gasteiger partial charge in [-0.3, -0.25) is 4.98 Å². The zero-order valence-electron chi connectivity index (χ0n) is 10.8. The predicted molar refractivity (Wildman–Crippen MR) is 81.1 cm³/mol. The predicted octanol–water partition coefficient (Wildman–Crippen LogP) is 2.78. The Bertz CT molecular complexity index is 613. The highest BCUT2D eigenvalue weighted by Crippen LogP contribution is 2.29. The van der Waals surface area contributed by atoms with Gasteiger partial charge in [0.1, 0.15) is 16.4 Å². The van der Waals surface area contributed by atoms with Crippen molar-refractivity contribution in [3.05, 3.63) is 47.8 Å². The average molecular weight is 273 g/mol. The Morgan fingerprint density at radius 2 is 2.11 bits per heavy atom. The zero-order valence-corrected chi connectivity index (χ0v) is 11.6. The van der Waals surface area contributed by atoms with Crippen LogP contribution in [0.1, 0.15) is 11.3 Å². The third-order valence-corrected chi connectivity index (χ3v) is 2.86. The van der Waals surface area contributed by atoms with Gasteiger partial charge in [0.25, 0.3) is 0 Å². The number of methoxy groups -OCH3 is 1. The molecule has 1 heterocycles. The Hall–Kier alpha value is -2.14. The summed E-state index contributed by atoms with van der Waals surface area (Å²) in [7, 11) is 1.63. The monoisotopic (exact) mass is 273 g/mol. The molecule has 0 aliphatic carbocycles. The van der Waals surface area contributed by atoms with Crippen LogP contribution in [0.5, 0.6) is 5.75 Å². The van der Waals surface area contributed by atoms with Gasteiger partial charge in [0.15, 0.2) is 0 Å². The minimum Gasteiger partial charge on any atom is -0.495 e. The van der Waals surface area contributed by atoms with Gasteiger partial charge in [0.2, 0.25) is 0 Å². The smallest absolute Gasteiger partial charge is 0.142 e. The number of hydrogen-bond donors (Lipinski definition) is 2. The SMILES string of the molecule is COc1ccc(C)cc1Nc1cccnc1C(N)=S. The molecule has 2 aromatic rings. The lowest BCUT2D eigenvalue weighted by atomic mass is 10.2. The topological polar surface area (TPSA) is 60.2 Å². The van der Waals surface area contributed by atoms with Gasteiger partial charge in [-0.15, -0.1) is 0 Å². The van der Waals surface area contributed by atoms with Gasteiger partial charge in [-0.1, -0.05) is 18.3 Å². The molecule has 0 saturated carbocycles. The summed E-state index contributed by atoms with van der Waals surface area (Å²) in [4.78, 5) is 4.44. The van der Waals surface area contributed by atoms with E-state index in [2.05, 4.69) is 10.3 Å². The molecule has 0 amide bonds. The van der Waals surface area contributed by atoms with Crippen LogP contribution < -0.4 is 15.8 Å². The highest BCUT2D eigenvalue weighted by molar-refractivity contribution is 7.80. The fourth-order valence-electron chi connectivity index (χ4n) is 1.77. The molecule has 0 spiro atoms. The van der Waals surface area contributed by atoms with Gasteiger partial charge in [0, 0.05) is 6.20 Å². The maximum Gasteiger partial charge on any atom is 0.142 e. The van der Waals surface area contributed by atoms with Gasteiger partial charge in [-0.25, -0.2) is 0 Å². The lowest BCUT2D eigenvalue weighted by Gasteiger charge is -2.14. The second-order valence-corrected chi connectivity index (χ2v) is 4.53. The molecular formula is C14H15N3OS. The number of ether oxygens (including phenoxy) is 1. The molecule has 4 nitrogen and oxygen atoms in total. The van der Waals surface area contributed by atoms with Crippen molar-refractivity contribution in [2.45, 2.75) is 6.92 Å². The van der Waals surface area contributed by atoms with E-state index in [1.165, 1.54) is 0 Å². The molecule has 0 radical (unpaired) electrons. The van der Waals surface area contributed by atoms with E-state index in [4.69, 9.17) is 22.7 Å². The van der Waals surface area contributed by atoms with Crippen molar-refractivity contribution in [2.75, 3.05) is 12.4 Å². The summed E-state index contributed by atoms with van der Waals surface area (Å²) in [6, 6.07) is 9.60. The second-order valence-electron chi connectivity index (χ2n) is 4.09. The number of rotatable bonds is 4. The van der Waals surface area contributed by atoms with Crippen molar-refractivity contribution >= 4 is 28.6 Å². The molecule has 1 aromatic heterocycles. The number of aryl methyl sites for hydroxylation is 1. The van der Waals surface area contributed by atoms with Crippen LogP contribution >= 0.6 is 12.2 Å². The standard InChI is InChI=1S/C14H15N3OS/c1-9-5-6-12(18-2)11(8-9)17-10-4-3-7-16-13(10)14(15)19/h3-8,17H,1-2H3,(H2,15,19). The first kappa shape index (κ1) is 13.3. The number of hydrogen-bond acceptors (Lipinski definition) is 4. The van der Waals surface area contributed by atoms with Crippen LogP contribution in [-0.2, 0) is 0 Å². The second kappa shape index (κ2) is 5.67. The molecular weight excluding hydrogens is 258 g/mol. The molecule has 0 fully saturated rings. The quantitative estimate of drug-likeness (QED) is 0.839. The van der Waals surface area contributed by atoms with Crippen molar-refractivity contribution in [2.24, 2.45) is 5.73 Å². The number of pyridine rings is 1. The first-order valence-corrected chi connectivity index (χ1v) is 6.19. The zero-order chi connectivity index (χ0) is 13.8.